The fraction of sp³-hybridized carbons (Fsp3) is 0. The van der Waals surface area contributed by atoms with E-state index in [0.717, 1.165) is 0 Å². The maximum absolute atomic E-state index is 12.8. The molecule has 4 nitrogen and oxygen atoms in total. The van der Waals surface area contributed by atoms with Gasteiger partial charge >= 0.3 is 0 Å². The van der Waals surface area contributed by atoms with Crippen molar-refractivity contribution >= 4 is 27.7 Å². The first-order valence-electron chi connectivity index (χ1n) is 4.98. The summed E-state index contributed by atoms with van der Waals surface area (Å²) >= 11 is 3.19. The van der Waals surface area contributed by atoms with Crippen LogP contribution >= 0.6 is 15.9 Å². The smallest absolute Gasteiger partial charge is 0.260 e. The van der Waals surface area contributed by atoms with E-state index in [9.17, 15) is 14.3 Å². The molecule has 0 saturated carbocycles. The molecule has 0 aliphatic rings. The normalized spacial score (nSPS) is 10.1. The number of hydrogen-bond acceptors (Lipinski definition) is 3. The maximum atomic E-state index is 12.8. The number of nitrogens with one attached hydrogen (secondary N) is 1. The number of phenolic OH excluding ortho intramolecular Hbond substituents is 1. The zero-order valence-corrected chi connectivity index (χ0v) is 10.6. The number of benzene rings is 1. The molecule has 18 heavy (non-hydrogen) atoms. The summed E-state index contributed by atoms with van der Waals surface area (Å²) in [5.74, 6) is -1.33. The molecular formula is C12H8BrFN2O2. The molecule has 0 aliphatic carbocycles. The summed E-state index contributed by atoms with van der Waals surface area (Å²) < 4.78 is 13.5. The number of pyridine rings is 1. The summed E-state index contributed by atoms with van der Waals surface area (Å²) in [4.78, 5) is 15.3. The Morgan fingerprint density at radius 3 is 2.83 bits per heavy atom. The number of carbonyl (C=O) groups excluding carboxylic acids is 1. The van der Waals surface area contributed by atoms with E-state index < -0.39 is 11.9 Å². The number of carbonyl (C=O) groups is 1. The van der Waals surface area contributed by atoms with Crippen LogP contribution in [0.25, 0.3) is 0 Å². The van der Waals surface area contributed by atoms with Gasteiger partial charge in [-0.3, -0.25) is 4.79 Å². The molecular weight excluding hydrogens is 303 g/mol. The summed E-state index contributed by atoms with van der Waals surface area (Å²) in [6.45, 7) is 0. The highest BCUT2D eigenvalue weighted by molar-refractivity contribution is 9.10. The number of aromatic hydroxyl groups is 1. The van der Waals surface area contributed by atoms with Crippen molar-refractivity contribution in [3.63, 3.8) is 0 Å². The summed E-state index contributed by atoms with van der Waals surface area (Å²) in [5.41, 5.74) is 0.0791. The molecule has 0 bridgehead atoms. The predicted molar refractivity (Wildman–Crippen MR) is 68.0 cm³/mol. The molecule has 6 heteroatoms. The molecule has 0 atom stereocenters. The van der Waals surface area contributed by atoms with Crippen LogP contribution in [0.2, 0.25) is 0 Å². The number of phenols is 1. The quantitative estimate of drug-likeness (QED) is 0.838. The Morgan fingerprint density at radius 2 is 2.11 bits per heavy atom. The van der Waals surface area contributed by atoms with Gasteiger partial charge in [0.2, 0.25) is 5.95 Å². The van der Waals surface area contributed by atoms with Gasteiger partial charge in [0.15, 0.2) is 0 Å². The van der Waals surface area contributed by atoms with Crippen LogP contribution in [0.3, 0.4) is 0 Å². The molecule has 0 saturated heterocycles. The van der Waals surface area contributed by atoms with Crippen LogP contribution in [-0.2, 0) is 0 Å². The lowest BCUT2D eigenvalue weighted by molar-refractivity contribution is 0.102. The minimum Gasteiger partial charge on any atom is -0.507 e. The molecule has 0 fully saturated rings. The number of hydrogen-bond donors (Lipinski definition) is 2. The van der Waals surface area contributed by atoms with Gasteiger partial charge in [0.25, 0.3) is 5.91 Å². The van der Waals surface area contributed by atoms with Crippen LogP contribution in [-0.4, -0.2) is 16.0 Å². The number of rotatable bonds is 2. The number of anilines is 1. The second-order valence-electron chi connectivity index (χ2n) is 3.46. The number of amides is 1. The van der Waals surface area contributed by atoms with Gasteiger partial charge in [-0.25, -0.2) is 4.98 Å². The first-order valence-corrected chi connectivity index (χ1v) is 5.78. The van der Waals surface area contributed by atoms with Crippen LogP contribution in [0.15, 0.2) is 40.9 Å². The summed E-state index contributed by atoms with van der Waals surface area (Å²) in [5, 5.41) is 12.0. The maximum Gasteiger partial charge on any atom is 0.260 e. The average Bonchev–Trinajstić information content (AvgIpc) is 2.32. The molecule has 0 aliphatic heterocycles. The van der Waals surface area contributed by atoms with Crippen molar-refractivity contribution in [1.29, 1.82) is 0 Å². The third-order valence-corrected chi connectivity index (χ3v) is 2.65. The zero-order valence-electron chi connectivity index (χ0n) is 9.02. The average molecular weight is 311 g/mol. The molecule has 1 aromatic carbocycles. The Bertz CT molecular complexity index is 604. The van der Waals surface area contributed by atoms with E-state index >= 15 is 0 Å². The van der Waals surface area contributed by atoms with Crippen LogP contribution < -0.4 is 5.32 Å². The van der Waals surface area contributed by atoms with Crippen molar-refractivity contribution in [2.24, 2.45) is 0 Å². The first-order chi connectivity index (χ1) is 8.56. The molecule has 2 N–H and O–H groups in total. The molecule has 0 radical (unpaired) electrons. The van der Waals surface area contributed by atoms with Crippen LogP contribution in [0.4, 0.5) is 10.2 Å². The van der Waals surface area contributed by atoms with Gasteiger partial charge in [0.05, 0.1) is 5.56 Å². The number of aromatic nitrogens is 1. The number of nitrogens with zero attached hydrogens (tertiary/aromatic N) is 1. The third kappa shape index (κ3) is 2.84. The highest BCUT2D eigenvalue weighted by atomic mass is 79.9. The van der Waals surface area contributed by atoms with Crippen molar-refractivity contribution in [1.82, 2.24) is 4.98 Å². The lowest BCUT2D eigenvalue weighted by atomic mass is 10.2. The van der Waals surface area contributed by atoms with Crippen molar-refractivity contribution in [3.8, 4) is 5.75 Å². The van der Waals surface area contributed by atoms with Gasteiger partial charge in [0, 0.05) is 4.47 Å². The molecule has 2 aromatic rings. The summed E-state index contributed by atoms with van der Waals surface area (Å²) in [6, 6.07) is 8.51. The second-order valence-corrected chi connectivity index (χ2v) is 4.38. The van der Waals surface area contributed by atoms with Gasteiger partial charge in [0.1, 0.15) is 11.6 Å². The fourth-order valence-corrected chi connectivity index (χ4v) is 1.71. The van der Waals surface area contributed by atoms with Crippen molar-refractivity contribution in [2.45, 2.75) is 0 Å². The van der Waals surface area contributed by atoms with Crippen LogP contribution in [0, 0.1) is 5.95 Å². The van der Waals surface area contributed by atoms with Crippen LogP contribution in [0.1, 0.15) is 10.4 Å². The monoisotopic (exact) mass is 310 g/mol. The Balaban J connectivity index is 2.24. The first kappa shape index (κ1) is 12.5. The molecule has 0 spiro atoms. The lowest BCUT2D eigenvalue weighted by Crippen LogP contribution is -2.13. The minimum atomic E-state index is -0.689. The zero-order chi connectivity index (χ0) is 13.1. The van der Waals surface area contributed by atoms with E-state index in [1.165, 1.54) is 30.3 Å². The van der Waals surface area contributed by atoms with E-state index in [2.05, 4.69) is 26.2 Å². The summed E-state index contributed by atoms with van der Waals surface area (Å²) in [6.07, 6.45) is 0. The molecule has 1 heterocycles. The van der Waals surface area contributed by atoms with Gasteiger partial charge in [-0.05, 0) is 30.3 Å². The van der Waals surface area contributed by atoms with E-state index in [1.807, 2.05) is 0 Å². The van der Waals surface area contributed by atoms with E-state index in [1.54, 1.807) is 6.07 Å². The second kappa shape index (κ2) is 5.14. The standard InChI is InChI=1S/C12H8BrFN2O2/c13-7-4-5-9(17)8(6-7)12(18)16-11-3-1-2-10(14)15-11/h1-6,17H,(H,15,16,18). The molecule has 1 aromatic heterocycles. The fourth-order valence-electron chi connectivity index (χ4n) is 1.35. The molecule has 92 valence electrons. The highest BCUT2D eigenvalue weighted by Crippen LogP contribution is 2.22. The van der Waals surface area contributed by atoms with Gasteiger partial charge in [-0.2, -0.15) is 4.39 Å². The Kier molecular flexibility index (Phi) is 3.57. The minimum absolute atomic E-state index is 0.0791. The lowest BCUT2D eigenvalue weighted by Gasteiger charge is -2.06. The number of halogens is 2. The predicted octanol–water partition coefficient (Wildman–Crippen LogP) is 2.94. The largest absolute Gasteiger partial charge is 0.507 e. The van der Waals surface area contributed by atoms with Crippen molar-refractivity contribution in [2.75, 3.05) is 5.32 Å². The topological polar surface area (TPSA) is 62.2 Å². The van der Waals surface area contributed by atoms with Gasteiger partial charge in [-0.1, -0.05) is 22.0 Å². The van der Waals surface area contributed by atoms with Gasteiger partial charge in [-0.15, -0.1) is 0 Å². The highest BCUT2D eigenvalue weighted by Gasteiger charge is 2.12. The molecule has 0 unspecified atom stereocenters. The Morgan fingerprint density at radius 1 is 1.33 bits per heavy atom. The molecule has 1 amide bonds. The Hall–Kier alpha value is -1.95. The Labute approximate surface area is 111 Å². The molecule has 2 rings (SSSR count). The van der Waals surface area contributed by atoms with Crippen molar-refractivity contribution in [3.05, 3.63) is 52.4 Å². The van der Waals surface area contributed by atoms with E-state index in [-0.39, 0.29) is 17.1 Å². The van der Waals surface area contributed by atoms with E-state index in [4.69, 9.17) is 0 Å². The third-order valence-electron chi connectivity index (χ3n) is 2.16. The summed E-state index contributed by atoms with van der Waals surface area (Å²) in [7, 11) is 0. The van der Waals surface area contributed by atoms with Gasteiger partial charge < -0.3 is 10.4 Å². The van der Waals surface area contributed by atoms with Crippen molar-refractivity contribution < 1.29 is 14.3 Å². The SMILES string of the molecule is O=C(Nc1cccc(F)n1)c1cc(Br)ccc1O. The van der Waals surface area contributed by atoms with E-state index in [0.29, 0.717) is 4.47 Å². The van der Waals surface area contributed by atoms with Crippen LogP contribution in [0.5, 0.6) is 5.75 Å².